The summed E-state index contributed by atoms with van der Waals surface area (Å²) in [6, 6.07) is 4.37. The number of pyridine rings is 1. The van der Waals surface area contributed by atoms with Crippen LogP contribution in [0.3, 0.4) is 0 Å². The molecule has 0 radical (unpaired) electrons. The highest BCUT2D eigenvalue weighted by molar-refractivity contribution is 5.81. The summed E-state index contributed by atoms with van der Waals surface area (Å²) in [4.78, 5) is 6.40. The number of oxime groups is 1. The van der Waals surface area contributed by atoms with Crippen LogP contribution in [0.15, 0.2) is 29.7 Å². The molecule has 5 nitrogen and oxygen atoms in total. The maximum absolute atomic E-state index is 8.65. The van der Waals surface area contributed by atoms with E-state index in [0.29, 0.717) is 12.6 Å². The number of rotatable bonds is 3. The molecule has 1 aromatic heterocycles. The van der Waals surface area contributed by atoms with Crippen molar-refractivity contribution in [2.75, 3.05) is 13.1 Å². The van der Waals surface area contributed by atoms with Gasteiger partial charge in [0.2, 0.25) is 0 Å². The van der Waals surface area contributed by atoms with Crippen LogP contribution in [0.2, 0.25) is 0 Å². The van der Waals surface area contributed by atoms with Crippen LogP contribution in [-0.2, 0) is 0 Å². The molecule has 1 fully saturated rings. The Kier molecular flexibility index (Phi) is 3.93. The second-order valence-electron chi connectivity index (χ2n) is 4.36. The first-order chi connectivity index (χ1) is 8.31. The predicted molar refractivity (Wildman–Crippen MR) is 65.8 cm³/mol. The third-order valence-corrected chi connectivity index (χ3v) is 3.18. The third-order valence-electron chi connectivity index (χ3n) is 3.18. The lowest BCUT2D eigenvalue weighted by Crippen LogP contribution is -2.39. The smallest absolute Gasteiger partial charge is 0.153 e. The lowest BCUT2D eigenvalue weighted by atomic mass is 9.96. The van der Waals surface area contributed by atoms with Crippen LogP contribution >= 0.6 is 0 Å². The van der Waals surface area contributed by atoms with Gasteiger partial charge < -0.3 is 10.9 Å². The topological polar surface area (TPSA) is 74.7 Å². The van der Waals surface area contributed by atoms with E-state index in [1.165, 1.54) is 12.0 Å². The number of aromatic nitrogens is 1. The van der Waals surface area contributed by atoms with E-state index in [-0.39, 0.29) is 5.84 Å². The van der Waals surface area contributed by atoms with Crippen LogP contribution in [0.5, 0.6) is 0 Å². The average Bonchev–Trinajstić information content (AvgIpc) is 2.40. The van der Waals surface area contributed by atoms with Crippen molar-refractivity contribution in [1.82, 2.24) is 9.88 Å². The molecule has 5 heteroatoms. The highest BCUT2D eigenvalue weighted by Gasteiger charge is 2.24. The Morgan fingerprint density at radius 2 is 2.47 bits per heavy atom. The number of likely N-dealkylation sites (tertiary alicyclic amines) is 1. The fraction of sp³-hybridized carbons (Fsp3) is 0.500. The average molecular weight is 234 g/mol. The normalized spacial score (nSPS) is 22.6. The third kappa shape index (κ3) is 2.94. The van der Waals surface area contributed by atoms with Gasteiger partial charge in [-0.15, -0.1) is 0 Å². The molecule has 0 aliphatic carbocycles. The van der Waals surface area contributed by atoms with Gasteiger partial charge in [0.1, 0.15) is 0 Å². The quantitative estimate of drug-likeness (QED) is 0.358. The second kappa shape index (κ2) is 5.63. The van der Waals surface area contributed by atoms with Crippen molar-refractivity contribution in [1.29, 1.82) is 0 Å². The van der Waals surface area contributed by atoms with E-state index < -0.39 is 0 Å². The van der Waals surface area contributed by atoms with Gasteiger partial charge in [-0.3, -0.25) is 9.88 Å². The summed E-state index contributed by atoms with van der Waals surface area (Å²) in [7, 11) is 0. The van der Waals surface area contributed by atoms with Gasteiger partial charge in [0, 0.05) is 18.4 Å². The lowest BCUT2D eigenvalue weighted by Gasteiger charge is -2.35. The van der Waals surface area contributed by atoms with Crippen LogP contribution in [-0.4, -0.2) is 34.0 Å². The second-order valence-corrected chi connectivity index (χ2v) is 4.36. The van der Waals surface area contributed by atoms with Gasteiger partial charge in [0.15, 0.2) is 5.84 Å². The minimum absolute atomic E-state index is 0.265. The van der Waals surface area contributed by atoms with Crippen molar-refractivity contribution in [2.24, 2.45) is 10.9 Å². The molecule has 2 rings (SSSR count). The Bertz CT molecular complexity index is 379. The molecule has 0 spiro atoms. The van der Waals surface area contributed by atoms with Crippen molar-refractivity contribution in [3.8, 4) is 0 Å². The van der Waals surface area contributed by atoms with Gasteiger partial charge in [-0.25, -0.2) is 0 Å². The molecular formula is C12H18N4O. The molecule has 3 N–H and O–H groups in total. The highest BCUT2D eigenvalue weighted by atomic mass is 16.4. The summed E-state index contributed by atoms with van der Waals surface area (Å²) in [5.41, 5.74) is 6.79. The zero-order valence-corrected chi connectivity index (χ0v) is 9.79. The molecule has 0 amide bonds. The van der Waals surface area contributed by atoms with Crippen LogP contribution in [0.25, 0.3) is 0 Å². The largest absolute Gasteiger partial charge is 0.409 e. The van der Waals surface area contributed by atoms with Crippen LogP contribution < -0.4 is 5.73 Å². The molecule has 17 heavy (non-hydrogen) atoms. The summed E-state index contributed by atoms with van der Waals surface area (Å²) in [5, 5.41) is 11.7. The van der Waals surface area contributed by atoms with E-state index in [2.05, 4.69) is 21.1 Å². The number of hydrogen-bond donors (Lipinski definition) is 2. The Morgan fingerprint density at radius 1 is 1.59 bits per heavy atom. The molecule has 0 aromatic carbocycles. The number of nitrogens with zero attached hydrogens (tertiary/aromatic N) is 3. The predicted octanol–water partition coefficient (Wildman–Crippen LogP) is 1.35. The summed E-state index contributed by atoms with van der Waals surface area (Å²) in [6.07, 6.45) is 7.15. The zero-order valence-electron chi connectivity index (χ0n) is 9.79. The Labute approximate surface area is 101 Å². The fourth-order valence-electron chi connectivity index (χ4n) is 2.37. The van der Waals surface area contributed by atoms with Crippen molar-refractivity contribution < 1.29 is 5.21 Å². The Balaban J connectivity index is 2.12. The minimum atomic E-state index is 0.265. The van der Waals surface area contributed by atoms with Crippen LogP contribution in [0, 0.1) is 0 Å². The molecule has 1 aromatic rings. The molecule has 1 aliphatic heterocycles. The fourth-order valence-corrected chi connectivity index (χ4v) is 2.37. The molecule has 2 heterocycles. The maximum atomic E-state index is 8.65. The minimum Gasteiger partial charge on any atom is -0.409 e. The molecular weight excluding hydrogens is 216 g/mol. The summed E-state index contributed by atoms with van der Waals surface area (Å²) in [5.74, 6) is 0.265. The first-order valence-electron chi connectivity index (χ1n) is 5.91. The monoisotopic (exact) mass is 234 g/mol. The molecule has 1 aliphatic rings. The van der Waals surface area contributed by atoms with Gasteiger partial charge in [-0.2, -0.15) is 0 Å². The summed E-state index contributed by atoms with van der Waals surface area (Å²) >= 11 is 0. The molecule has 0 saturated carbocycles. The van der Waals surface area contributed by atoms with Gasteiger partial charge in [-0.05, 0) is 31.0 Å². The van der Waals surface area contributed by atoms with Crippen molar-refractivity contribution in [2.45, 2.75) is 25.3 Å². The standard InChI is InChI=1S/C12H18N4O/c13-12(15-17)9-16-7-2-1-5-11(16)10-4-3-6-14-8-10/h3-4,6,8,11,17H,1-2,5,7,9H2,(H2,13,15)/t11-/m1/s1. The number of piperidine rings is 1. The molecule has 1 atom stereocenters. The first kappa shape index (κ1) is 11.9. The molecule has 1 saturated heterocycles. The lowest BCUT2D eigenvalue weighted by molar-refractivity contribution is 0.169. The molecule has 0 bridgehead atoms. The molecule has 0 unspecified atom stereocenters. The summed E-state index contributed by atoms with van der Waals surface area (Å²) < 4.78 is 0. The van der Waals surface area contributed by atoms with Crippen molar-refractivity contribution >= 4 is 5.84 Å². The van der Waals surface area contributed by atoms with E-state index in [1.54, 1.807) is 6.20 Å². The first-order valence-corrected chi connectivity index (χ1v) is 5.91. The van der Waals surface area contributed by atoms with Crippen LogP contribution in [0.1, 0.15) is 30.9 Å². The van der Waals surface area contributed by atoms with E-state index in [9.17, 15) is 0 Å². The van der Waals surface area contributed by atoms with E-state index in [0.717, 1.165) is 19.4 Å². The number of nitrogens with two attached hydrogens (primary N) is 1. The number of hydrogen-bond acceptors (Lipinski definition) is 4. The van der Waals surface area contributed by atoms with Gasteiger partial charge in [0.25, 0.3) is 0 Å². The SMILES string of the molecule is NC(CN1CCCC[C@@H]1c1cccnc1)=NO. The summed E-state index contributed by atoms with van der Waals surface area (Å²) in [6.45, 7) is 1.49. The van der Waals surface area contributed by atoms with E-state index in [4.69, 9.17) is 10.9 Å². The van der Waals surface area contributed by atoms with E-state index in [1.807, 2.05) is 12.3 Å². The van der Waals surface area contributed by atoms with Crippen molar-refractivity contribution in [3.05, 3.63) is 30.1 Å². The van der Waals surface area contributed by atoms with Gasteiger partial charge in [-0.1, -0.05) is 17.6 Å². The Hall–Kier alpha value is -1.62. The highest BCUT2D eigenvalue weighted by Crippen LogP contribution is 2.29. The Morgan fingerprint density at radius 3 is 3.18 bits per heavy atom. The number of amidine groups is 1. The zero-order chi connectivity index (χ0) is 12.1. The van der Waals surface area contributed by atoms with Crippen molar-refractivity contribution in [3.63, 3.8) is 0 Å². The maximum Gasteiger partial charge on any atom is 0.153 e. The van der Waals surface area contributed by atoms with Gasteiger partial charge >= 0.3 is 0 Å². The van der Waals surface area contributed by atoms with Gasteiger partial charge in [0.05, 0.1) is 6.54 Å². The van der Waals surface area contributed by atoms with Crippen LogP contribution in [0.4, 0.5) is 0 Å². The van der Waals surface area contributed by atoms with E-state index >= 15 is 0 Å². The molecule has 92 valence electrons.